The molecule has 0 atom stereocenters. The molecule has 1 aliphatic carbocycles. The van der Waals surface area contributed by atoms with E-state index in [1.165, 1.54) is 0 Å². The third kappa shape index (κ3) is 3.31. The van der Waals surface area contributed by atoms with Crippen LogP contribution in [0.1, 0.15) is 38.2 Å². The molecule has 110 valence electrons. The van der Waals surface area contributed by atoms with E-state index in [4.69, 9.17) is 10.5 Å². The number of methoxy groups -OCH3 is 1. The topological polar surface area (TPSA) is 55.6 Å². The molecule has 2 N–H and O–H groups in total. The summed E-state index contributed by atoms with van der Waals surface area (Å²) in [7, 11) is 1.71. The molecular weight excluding hydrogens is 252 g/mol. The molecule has 1 amide bonds. The molecule has 4 nitrogen and oxygen atoms in total. The molecule has 1 saturated carbocycles. The molecule has 0 aromatic heterocycles. The quantitative estimate of drug-likeness (QED) is 0.812. The van der Waals surface area contributed by atoms with Gasteiger partial charge in [0.25, 0.3) is 0 Å². The van der Waals surface area contributed by atoms with Crippen molar-refractivity contribution in [2.45, 2.75) is 44.8 Å². The zero-order valence-electron chi connectivity index (χ0n) is 12.4. The fourth-order valence-corrected chi connectivity index (χ4v) is 2.63. The Balaban J connectivity index is 1.97. The number of carbonyl (C=O) groups excluding carboxylic acids is 1. The number of nitrogens with zero attached hydrogens (tertiary/aromatic N) is 1. The van der Waals surface area contributed by atoms with Gasteiger partial charge in [-0.3, -0.25) is 4.79 Å². The van der Waals surface area contributed by atoms with Gasteiger partial charge in [-0.05, 0) is 43.9 Å². The van der Waals surface area contributed by atoms with E-state index in [2.05, 4.69) is 0 Å². The number of nitrogens with two attached hydrogens (primary N) is 1. The molecule has 1 aromatic rings. The largest absolute Gasteiger partial charge is 0.399 e. The minimum Gasteiger partial charge on any atom is -0.399 e. The van der Waals surface area contributed by atoms with Gasteiger partial charge in [-0.1, -0.05) is 12.1 Å². The Morgan fingerprint density at radius 1 is 1.35 bits per heavy atom. The Morgan fingerprint density at radius 3 is 2.45 bits per heavy atom. The summed E-state index contributed by atoms with van der Waals surface area (Å²) in [5.41, 5.74) is 7.33. The number of anilines is 1. The van der Waals surface area contributed by atoms with Crippen LogP contribution in [-0.4, -0.2) is 30.1 Å². The molecule has 0 saturated heterocycles. The van der Waals surface area contributed by atoms with Crippen LogP contribution in [0.5, 0.6) is 0 Å². The highest BCUT2D eigenvalue weighted by Gasteiger charge is 2.39. The molecule has 0 aliphatic heterocycles. The van der Waals surface area contributed by atoms with Crippen molar-refractivity contribution in [3.05, 3.63) is 29.8 Å². The summed E-state index contributed by atoms with van der Waals surface area (Å²) in [4.78, 5) is 14.3. The summed E-state index contributed by atoms with van der Waals surface area (Å²) in [6.45, 7) is 3.36. The molecule has 1 fully saturated rings. The van der Waals surface area contributed by atoms with E-state index < -0.39 is 0 Å². The normalized spacial score (nSPS) is 16.5. The molecule has 0 spiro atoms. The maximum atomic E-state index is 12.4. The second-order valence-corrected chi connectivity index (χ2v) is 5.57. The number of carbonyl (C=O) groups is 1. The van der Waals surface area contributed by atoms with Crippen LogP contribution in [0.4, 0.5) is 5.69 Å². The minimum atomic E-state index is -0.203. The van der Waals surface area contributed by atoms with E-state index in [1.807, 2.05) is 36.1 Å². The first kappa shape index (κ1) is 14.9. The van der Waals surface area contributed by atoms with Crippen molar-refractivity contribution in [1.29, 1.82) is 0 Å². The van der Waals surface area contributed by atoms with E-state index in [0.29, 0.717) is 19.5 Å². The van der Waals surface area contributed by atoms with E-state index in [0.717, 1.165) is 30.5 Å². The van der Waals surface area contributed by atoms with Crippen molar-refractivity contribution < 1.29 is 9.53 Å². The molecule has 0 unspecified atom stereocenters. The maximum Gasteiger partial charge on any atom is 0.225 e. The minimum absolute atomic E-state index is 0.172. The molecular formula is C16H24N2O2. The van der Waals surface area contributed by atoms with Crippen molar-refractivity contribution in [3.8, 4) is 0 Å². The summed E-state index contributed by atoms with van der Waals surface area (Å²) in [6.07, 6.45) is 3.64. The standard InChI is InChI=1S/C16H24N2O2/c1-3-18(12-13-5-7-14(17)8-6-13)15(19)11-16(20-2)9-4-10-16/h5-8H,3-4,9-12,17H2,1-2H3. The third-order valence-corrected chi connectivity index (χ3v) is 4.26. The lowest BCUT2D eigenvalue weighted by Crippen LogP contribution is -2.45. The third-order valence-electron chi connectivity index (χ3n) is 4.26. The fraction of sp³-hybridized carbons (Fsp3) is 0.562. The van der Waals surface area contributed by atoms with Gasteiger partial charge >= 0.3 is 0 Å². The van der Waals surface area contributed by atoms with Crippen LogP contribution in [0.3, 0.4) is 0 Å². The highest BCUT2D eigenvalue weighted by atomic mass is 16.5. The first-order valence-electron chi connectivity index (χ1n) is 7.26. The Labute approximate surface area is 120 Å². The number of nitrogen functional groups attached to an aromatic ring is 1. The van der Waals surface area contributed by atoms with Gasteiger partial charge in [0.05, 0.1) is 12.0 Å². The van der Waals surface area contributed by atoms with E-state index in [9.17, 15) is 4.79 Å². The molecule has 20 heavy (non-hydrogen) atoms. The SMILES string of the molecule is CCN(Cc1ccc(N)cc1)C(=O)CC1(OC)CCC1. The Bertz CT molecular complexity index is 447. The average molecular weight is 276 g/mol. The van der Waals surface area contributed by atoms with Gasteiger partial charge in [0.2, 0.25) is 5.91 Å². The molecule has 0 radical (unpaired) electrons. The smallest absolute Gasteiger partial charge is 0.225 e. The van der Waals surface area contributed by atoms with Crippen LogP contribution in [0.15, 0.2) is 24.3 Å². The number of rotatable bonds is 6. The number of ether oxygens (including phenoxy) is 1. The zero-order valence-corrected chi connectivity index (χ0v) is 12.4. The Hall–Kier alpha value is -1.55. The van der Waals surface area contributed by atoms with Crippen LogP contribution in [0, 0.1) is 0 Å². The predicted molar refractivity (Wildman–Crippen MR) is 80.2 cm³/mol. The molecule has 1 aromatic carbocycles. The molecule has 0 bridgehead atoms. The van der Waals surface area contributed by atoms with Crippen LogP contribution < -0.4 is 5.73 Å². The Kier molecular flexibility index (Phi) is 4.65. The second kappa shape index (κ2) is 6.27. The van der Waals surface area contributed by atoms with Crippen LogP contribution >= 0.6 is 0 Å². The van der Waals surface area contributed by atoms with Crippen molar-refractivity contribution in [3.63, 3.8) is 0 Å². The van der Waals surface area contributed by atoms with Crippen LogP contribution in [0.2, 0.25) is 0 Å². The molecule has 2 rings (SSSR count). The van der Waals surface area contributed by atoms with Crippen LogP contribution in [-0.2, 0) is 16.1 Å². The number of hydrogen-bond acceptors (Lipinski definition) is 3. The lowest BCUT2D eigenvalue weighted by atomic mass is 9.77. The summed E-state index contributed by atoms with van der Waals surface area (Å²) in [5, 5.41) is 0. The first-order valence-corrected chi connectivity index (χ1v) is 7.26. The lowest BCUT2D eigenvalue weighted by molar-refractivity contribution is -0.144. The van der Waals surface area contributed by atoms with Gasteiger partial charge in [0.1, 0.15) is 0 Å². The summed E-state index contributed by atoms with van der Waals surface area (Å²) >= 11 is 0. The average Bonchev–Trinajstić information content (AvgIpc) is 2.42. The van der Waals surface area contributed by atoms with Gasteiger partial charge in [-0.15, -0.1) is 0 Å². The first-order chi connectivity index (χ1) is 9.58. The predicted octanol–water partition coefficient (Wildman–Crippen LogP) is 2.58. The van der Waals surface area contributed by atoms with Crippen molar-refractivity contribution in [2.24, 2.45) is 0 Å². The van der Waals surface area contributed by atoms with Crippen LogP contribution in [0.25, 0.3) is 0 Å². The van der Waals surface area contributed by atoms with Gasteiger partial charge in [-0.2, -0.15) is 0 Å². The zero-order chi connectivity index (χ0) is 14.6. The molecule has 4 heteroatoms. The summed E-state index contributed by atoms with van der Waals surface area (Å²) in [6, 6.07) is 7.69. The fourth-order valence-electron chi connectivity index (χ4n) is 2.63. The van der Waals surface area contributed by atoms with E-state index >= 15 is 0 Å². The van der Waals surface area contributed by atoms with Gasteiger partial charge < -0.3 is 15.4 Å². The van der Waals surface area contributed by atoms with Crippen molar-refractivity contribution in [2.75, 3.05) is 19.4 Å². The highest BCUT2D eigenvalue weighted by Crippen LogP contribution is 2.38. The summed E-state index contributed by atoms with van der Waals surface area (Å²) < 4.78 is 5.54. The van der Waals surface area contributed by atoms with Gasteiger partial charge in [0, 0.05) is 25.9 Å². The monoisotopic (exact) mass is 276 g/mol. The van der Waals surface area contributed by atoms with E-state index in [-0.39, 0.29) is 11.5 Å². The van der Waals surface area contributed by atoms with Gasteiger partial charge in [0.15, 0.2) is 0 Å². The Morgan fingerprint density at radius 2 is 2.00 bits per heavy atom. The lowest BCUT2D eigenvalue weighted by Gasteiger charge is -2.41. The van der Waals surface area contributed by atoms with Gasteiger partial charge in [-0.25, -0.2) is 0 Å². The van der Waals surface area contributed by atoms with Crippen molar-refractivity contribution >= 4 is 11.6 Å². The second-order valence-electron chi connectivity index (χ2n) is 5.57. The highest BCUT2D eigenvalue weighted by molar-refractivity contribution is 5.77. The number of benzene rings is 1. The maximum absolute atomic E-state index is 12.4. The number of amides is 1. The van der Waals surface area contributed by atoms with Crippen molar-refractivity contribution in [1.82, 2.24) is 4.90 Å². The van der Waals surface area contributed by atoms with E-state index in [1.54, 1.807) is 7.11 Å². The molecule has 1 aliphatic rings. The number of hydrogen-bond donors (Lipinski definition) is 1. The molecule has 0 heterocycles. The summed E-state index contributed by atoms with van der Waals surface area (Å²) in [5.74, 6) is 0.172.